The zero-order valence-corrected chi connectivity index (χ0v) is 16.5. The lowest BCUT2D eigenvalue weighted by molar-refractivity contribution is 0.0634. The van der Waals surface area contributed by atoms with Crippen LogP contribution in [0.3, 0.4) is 0 Å². The molecule has 0 spiro atoms. The summed E-state index contributed by atoms with van der Waals surface area (Å²) in [5, 5.41) is 3.23. The molecule has 0 aliphatic carbocycles. The lowest BCUT2D eigenvalue weighted by Gasteiger charge is -2.36. The fourth-order valence-corrected chi connectivity index (χ4v) is 3.98. The molecule has 2 aromatic carbocycles. The average molecular weight is 413 g/mol. The van der Waals surface area contributed by atoms with Gasteiger partial charge in [0, 0.05) is 25.2 Å². The van der Waals surface area contributed by atoms with Crippen molar-refractivity contribution in [2.24, 2.45) is 0 Å². The van der Waals surface area contributed by atoms with Crippen molar-refractivity contribution in [3.05, 3.63) is 65.5 Å². The summed E-state index contributed by atoms with van der Waals surface area (Å²) in [5.74, 6) is -0.518. The molecule has 2 aromatic rings. The Hall–Kier alpha value is -1.96. The monoisotopic (exact) mass is 412 g/mol. The highest BCUT2D eigenvalue weighted by Gasteiger charge is 2.29. The molecule has 1 saturated heterocycles. The summed E-state index contributed by atoms with van der Waals surface area (Å²) >= 11 is 0. The molecule has 1 N–H and O–H groups in total. The molecule has 0 aromatic heterocycles. The largest absolute Gasteiger partial charge is 0.329 e. The Morgan fingerprint density at radius 3 is 2.56 bits per heavy atom. The lowest BCUT2D eigenvalue weighted by atomic mass is 10.0. The van der Waals surface area contributed by atoms with Gasteiger partial charge in [-0.25, -0.2) is 12.8 Å². The fraction of sp³-hybridized carbons (Fsp3) is 0.316. The number of nitrogens with one attached hydrogen (secondary N) is 1. The van der Waals surface area contributed by atoms with Crippen LogP contribution < -0.4 is 5.32 Å². The number of piperazine rings is 1. The van der Waals surface area contributed by atoms with Crippen LogP contribution in [0, 0.1) is 5.82 Å². The quantitative estimate of drug-likeness (QED) is 0.838. The molecule has 3 rings (SSSR count). The van der Waals surface area contributed by atoms with Gasteiger partial charge >= 0.3 is 0 Å². The Morgan fingerprint density at radius 1 is 1.22 bits per heavy atom. The van der Waals surface area contributed by atoms with Crippen molar-refractivity contribution in [2.75, 3.05) is 25.4 Å². The van der Waals surface area contributed by atoms with Gasteiger partial charge in [0.15, 0.2) is 9.84 Å². The maximum absolute atomic E-state index is 13.6. The Kier molecular flexibility index (Phi) is 6.97. The molecule has 1 heterocycles. The van der Waals surface area contributed by atoms with Gasteiger partial charge in [-0.15, -0.1) is 12.4 Å². The predicted molar refractivity (Wildman–Crippen MR) is 104 cm³/mol. The first-order valence-electron chi connectivity index (χ1n) is 8.52. The number of halogens is 2. The highest BCUT2D eigenvalue weighted by Crippen LogP contribution is 2.25. The predicted octanol–water partition coefficient (Wildman–Crippen LogP) is 2.83. The topological polar surface area (TPSA) is 66.5 Å². The van der Waals surface area contributed by atoms with E-state index in [1.54, 1.807) is 24.0 Å². The van der Waals surface area contributed by atoms with E-state index in [9.17, 15) is 17.6 Å². The zero-order valence-electron chi connectivity index (χ0n) is 14.9. The summed E-state index contributed by atoms with van der Waals surface area (Å²) in [7, 11) is -3.30. The van der Waals surface area contributed by atoms with Gasteiger partial charge in [0.2, 0.25) is 0 Å². The Morgan fingerprint density at radius 2 is 1.93 bits per heavy atom. The van der Waals surface area contributed by atoms with Crippen molar-refractivity contribution in [1.82, 2.24) is 10.2 Å². The number of amides is 1. The van der Waals surface area contributed by atoms with E-state index in [0.717, 1.165) is 5.56 Å². The van der Waals surface area contributed by atoms with Gasteiger partial charge in [0.05, 0.1) is 16.7 Å². The van der Waals surface area contributed by atoms with Crippen molar-refractivity contribution in [3.8, 4) is 0 Å². The molecule has 1 aliphatic rings. The summed E-state index contributed by atoms with van der Waals surface area (Å²) in [6, 6.07) is 12.0. The van der Waals surface area contributed by atoms with Crippen molar-refractivity contribution < 1.29 is 17.6 Å². The molecule has 1 fully saturated rings. The first kappa shape index (κ1) is 21.3. The van der Waals surface area contributed by atoms with E-state index in [2.05, 4.69) is 5.32 Å². The third kappa shape index (κ3) is 4.66. The second-order valence-electron chi connectivity index (χ2n) is 6.20. The highest BCUT2D eigenvalue weighted by atomic mass is 35.5. The molecule has 8 heteroatoms. The Bertz CT molecular complexity index is 903. The van der Waals surface area contributed by atoms with Crippen LogP contribution >= 0.6 is 12.4 Å². The highest BCUT2D eigenvalue weighted by molar-refractivity contribution is 7.91. The second-order valence-corrected chi connectivity index (χ2v) is 8.48. The molecule has 1 amide bonds. The van der Waals surface area contributed by atoms with E-state index < -0.39 is 9.84 Å². The second kappa shape index (κ2) is 8.82. The van der Waals surface area contributed by atoms with Gasteiger partial charge in [-0.1, -0.05) is 19.1 Å². The lowest BCUT2D eigenvalue weighted by Crippen LogP contribution is -2.48. The molecule has 1 unspecified atom stereocenters. The van der Waals surface area contributed by atoms with Gasteiger partial charge in [-0.2, -0.15) is 0 Å². The van der Waals surface area contributed by atoms with Crippen LogP contribution in [-0.2, 0) is 9.84 Å². The number of sulfone groups is 1. The molecular formula is C19H22ClFN2O3S. The van der Waals surface area contributed by atoms with Crippen LogP contribution in [-0.4, -0.2) is 44.6 Å². The smallest absolute Gasteiger partial charge is 0.254 e. The standard InChI is InChI=1S/C19H21FN2O3S.ClH/c1-2-26(24,25)17-8-6-14(7-9-17)19(23)22-11-10-21-13-18(22)15-4-3-5-16(20)12-15;/h3-9,12,18,21H,2,10-11,13H2,1H3;1H. The van der Waals surface area contributed by atoms with Gasteiger partial charge in [0.1, 0.15) is 5.82 Å². The Balaban J connectivity index is 0.00000261. The van der Waals surface area contributed by atoms with E-state index in [4.69, 9.17) is 0 Å². The van der Waals surface area contributed by atoms with Crippen LogP contribution in [0.15, 0.2) is 53.4 Å². The molecule has 5 nitrogen and oxygen atoms in total. The maximum atomic E-state index is 13.6. The van der Waals surface area contributed by atoms with Crippen molar-refractivity contribution in [2.45, 2.75) is 17.9 Å². The van der Waals surface area contributed by atoms with E-state index in [0.29, 0.717) is 25.2 Å². The van der Waals surface area contributed by atoms with Crippen LogP contribution in [0.1, 0.15) is 28.9 Å². The summed E-state index contributed by atoms with van der Waals surface area (Å²) < 4.78 is 37.4. The summed E-state index contributed by atoms with van der Waals surface area (Å²) in [6.45, 7) is 3.27. The normalized spacial score (nSPS) is 17.3. The number of nitrogens with zero attached hydrogens (tertiary/aromatic N) is 1. The number of hydrogen-bond donors (Lipinski definition) is 1. The molecular weight excluding hydrogens is 391 g/mol. The van der Waals surface area contributed by atoms with Crippen molar-refractivity contribution >= 4 is 28.2 Å². The van der Waals surface area contributed by atoms with Crippen LogP contribution in [0.5, 0.6) is 0 Å². The van der Waals surface area contributed by atoms with Crippen LogP contribution in [0.25, 0.3) is 0 Å². The molecule has 0 saturated carbocycles. The molecule has 146 valence electrons. The van der Waals surface area contributed by atoms with Crippen molar-refractivity contribution in [3.63, 3.8) is 0 Å². The van der Waals surface area contributed by atoms with Gasteiger partial charge in [0.25, 0.3) is 5.91 Å². The number of carbonyl (C=O) groups is 1. The van der Waals surface area contributed by atoms with E-state index in [-0.39, 0.29) is 40.8 Å². The zero-order chi connectivity index (χ0) is 18.7. The molecule has 27 heavy (non-hydrogen) atoms. The van der Waals surface area contributed by atoms with Gasteiger partial charge < -0.3 is 10.2 Å². The Labute approximate surface area is 164 Å². The third-order valence-corrected chi connectivity index (χ3v) is 6.33. The van der Waals surface area contributed by atoms with Crippen LogP contribution in [0.2, 0.25) is 0 Å². The number of carbonyl (C=O) groups excluding carboxylic acids is 1. The summed E-state index contributed by atoms with van der Waals surface area (Å²) in [5.41, 5.74) is 1.15. The third-order valence-electron chi connectivity index (χ3n) is 4.58. The van der Waals surface area contributed by atoms with E-state index in [1.165, 1.54) is 36.4 Å². The number of hydrogen-bond acceptors (Lipinski definition) is 4. The molecule has 1 aliphatic heterocycles. The van der Waals surface area contributed by atoms with E-state index >= 15 is 0 Å². The molecule has 0 radical (unpaired) electrons. The summed E-state index contributed by atoms with van der Waals surface area (Å²) in [4.78, 5) is 14.9. The van der Waals surface area contributed by atoms with Gasteiger partial charge in [-0.3, -0.25) is 4.79 Å². The first-order valence-corrected chi connectivity index (χ1v) is 10.2. The fourth-order valence-electron chi connectivity index (χ4n) is 3.10. The van der Waals surface area contributed by atoms with Crippen LogP contribution in [0.4, 0.5) is 4.39 Å². The first-order chi connectivity index (χ1) is 12.4. The maximum Gasteiger partial charge on any atom is 0.254 e. The van der Waals surface area contributed by atoms with Gasteiger partial charge in [-0.05, 0) is 42.0 Å². The minimum atomic E-state index is -3.30. The SMILES string of the molecule is CCS(=O)(=O)c1ccc(C(=O)N2CCNCC2c2cccc(F)c2)cc1.Cl. The number of benzene rings is 2. The molecule has 0 bridgehead atoms. The van der Waals surface area contributed by atoms with Crippen molar-refractivity contribution in [1.29, 1.82) is 0 Å². The minimum absolute atomic E-state index is 0. The van der Waals surface area contributed by atoms with E-state index in [1.807, 2.05) is 0 Å². The minimum Gasteiger partial charge on any atom is -0.329 e. The average Bonchev–Trinajstić information content (AvgIpc) is 2.67. The summed E-state index contributed by atoms with van der Waals surface area (Å²) in [6.07, 6.45) is 0. The number of rotatable bonds is 4. The molecule has 1 atom stereocenters.